The molecule has 162 valence electrons. The van der Waals surface area contributed by atoms with Crippen LogP contribution >= 0.6 is 11.8 Å². The molecule has 1 atom stereocenters. The predicted molar refractivity (Wildman–Crippen MR) is 115 cm³/mol. The average molecular weight is 433 g/mol. The van der Waals surface area contributed by atoms with Gasteiger partial charge in [-0.2, -0.15) is 0 Å². The molecule has 0 aliphatic heterocycles. The Morgan fingerprint density at radius 3 is 2.47 bits per heavy atom. The van der Waals surface area contributed by atoms with Crippen molar-refractivity contribution in [2.75, 3.05) is 0 Å². The number of carbonyl (C=O) groups excluding carboxylic acids is 3. The Labute approximate surface area is 180 Å². The minimum Gasteiger partial charge on any atom is -0.370 e. The van der Waals surface area contributed by atoms with Gasteiger partial charge >= 0.3 is 6.03 Å². The Hall–Kier alpha value is -2.88. The van der Waals surface area contributed by atoms with Crippen LogP contribution in [0.5, 0.6) is 0 Å². The quantitative estimate of drug-likeness (QED) is 0.491. The fourth-order valence-corrected chi connectivity index (χ4v) is 3.50. The molecular formula is C20H28N6O3S. The summed E-state index contributed by atoms with van der Waals surface area (Å²) >= 11 is 1.21. The molecule has 2 aromatic rings. The molecule has 1 unspecified atom stereocenters. The van der Waals surface area contributed by atoms with Crippen molar-refractivity contribution in [2.24, 2.45) is 11.7 Å². The Morgan fingerprint density at radius 1 is 1.13 bits per heavy atom. The molecule has 0 saturated carbocycles. The number of hydrogen-bond donors (Lipinski definition) is 3. The maximum atomic E-state index is 12.4. The van der Waals surface area contributed by atoms with Crippen molar-refractivity contribution >= 4 is 29.6 Å². The summed E-state index contributed by atoms with van der Waals surface area (Å²) < 4.78 is 1.90. The molecule has 0 bridgehead atoms. The molecule has 4 amide bonds. The summed E-state index contributed by atoms with van der Waals surface area (Å²) in [5.74, 6) is 0.139. The van der Waals surface area contributed by atoms with Crippen molar-refractivity contribution in [2.45, 2.75) is 57.1 Å². The fourth-order valence-electron chi connectivity index (χ4n) is 2.62. The van der Waals surface area contributed by atoms with Gasteiger partial charge < -0.3 is 15.6 Å². The van der Waals surface area contributed by atoms with Crippen LogP contribution < -0.4 is 16.4 Å². The molecule has 10 heteroatoms. The topological polar surface area (TPSA) is 132 Å². The second-order valence-electron chi connectivity index (χ2n) is 7.29. The number of rotatable bonds is 10. The number of urea groups is 1. The monoisotopic (exact) mass is 432 g/mol. The zero-order valence-corrected chi connectivity index (χ0v) is 18.2. The largest absolute Gasteiger partial charge is 0.370 e. The van der Waals surface area contributed by atoms with Crippen LogP contribution in [0.15, 0.2) is 35.5 Å². The van der Waals surface area contributed by atoms with Crippen molar-refractivity contribution < 1.29 is 14.4 Å². The van der Waals surface area contributed by atoms with E-state index in [0.29, 0.717) is 36.4 Å². The number of benzene rings is 1. The first-order valence-electron chi connectivity index (χ1n) is 9.76. The van der Waals surface area contributed by atoms with E-state index >= 15 is 0 Å². The van der Waals surface area contributed by atoms with Crippen LogP contribution in [-0.2, 0) is 29.1 Å². The van der Waals surface area contributed by atoms with Crippen LogP contribution in [0.25, 0.3) is 0 Å². The minimum absolute atomic E-state index is 0.179. The number of hydrogen-bond acceptors (Lipinski definition) is 6. The fraction of sp³-hybridized carbons (Fsp3) is 0.450. The van der Waals surface area contributed by atoms with E-state index in [2.05, 4.69) is 34.7 Å². The van der Waals surface area contributed by atoms with Gasteiger partial charge in [-0.3, -0.25) is 14.9 Å². The molecule has 2 rings (SSSR count). The highest BCUT2D eigenvalue weighted by Crippen LogP contribution is 2.24. The van der Waals surface area contributed by atoms with Gasteiger partial charge in [-0.1, -0.05) is 55.9 Å². The van der Waals surface area contributed by atoms with Crippen molar-refractivity contribution in [3.63, 3.8) is 0 Å². The first-order chi connectivity index (χ1) is 14.3. The summed E-state index contributed by atoms with van der Waals surface area (Å²) in [5, 5.41) is 13.3. The standard InChI is InChI=1S/C20H28N6O3S/c1-13(2)12-26-17(10-9-16(21)27)24-25-20(26)30-14(3)18(28)23-19(29)22-11-15-7-5-4-6-8-15/h4-8,13-14H,9-12H2,1-3H3,(H2,21,27)(H2,22,23,28,29). The van der Waals surface area contributed by atoms with E-state index in [1.165, 1.54) is 11.8 Å². The molecule has 0 fully saturated rings. The number of aromatic nitrogens is 3. The lowest BCUT2D eigenvalue weighted by Gasteiger charge is -2.15. The van der Waals surface area contributed by atoms with Crippen LogP contribution in [-0.4, -0.2) is 37.9 Å². The highest BCUT2D eigenvalue weighted by molar-refractivity contribution is 8.00. The van der Waals surface area contributed by atoms with Crippen molar-refractivity contribution in [3.8, 4) is 0 Å². The second-order valence-corrected chi connectivity index (χ2v) is 8.60. The van der Waals surface area contributed by atoms with E-state index in [9.17, 15) is 14.4 Å². The number of carbonyl (C=O) groups is 3. The first-order valence-corrected chi connectivity index (χ1v) is 10.6. The number of amides is 4. The van der Waals surface area contributed by atoms with Crippen LogP contribution in [0.2, 0.25) is 0 Å². The smallest absolute Gasteiger partial charge is 0.321 e. The van der Waals surface area contributed by atoms with Crippen molar-refractivity contribution in [1.29, 1.82) is 0 Å². The van der Waals surface area contributed by atoms with Crippen LogP contribution in [0.1, 0.15) is 38.6 Å². The highest BCUT2D eigenvalue weighted by Gasteiger charge is 2.22. The SMILES string of the molecule is CC(C)Cn1c(CCC(N)=O)nnc1SC(C)C(=O)NC(=O)NCc1ccccc1. The number of nitrogens with one attached hydrogen (secondary N) is 2. The summed E-state index contributed by atoms with van der Waals surface area (Å²) in [5.41, 5.74) is 6.17. The normalized spacial score (nSPS) is 11.9. The van der Waals surface area contributed by atoms with E-state index in [-0.39, 0.29) is 6.42 Å². The van der Waals surface area contributed by atoms with Crippen molar-refractivity contribution in [3.05, 3.63) is 41.7 Å². The molecule has 0 radical (unpaired) electrons. The summed E-state index contributed by atoms with van der Waals surface area (Å²) in [4.78, 5) is 35.5. The zero-order valence-electron chi connectivity index (χ0n) is 17.4. The third-order valence-corrected chi connectivity index (χ3v) is 5.20. The number of thioether (sulfide) groups is 1. The molecule has 30 heavy (non-hydrogen) atoms. The van der Waals surface area contributed by atoms with Gasteiger partial charge in [-0.15, -0.1) is 10.2 Å². The molecule has 0 aliphatic rings. The lowest BCUT2D eigenvalue weighted by atomic mass is 10.2. The highest BCUT2D eigenvalue weighted by atomic mass is 32.2. The predicted octanol–water partition coefficient (Wildman–Crippen LogP) is 1.86. The third kappa shape index (κ3) is 7.51. The summed E-state index contributed by atoms with van der Waals surface area (Å²) in [6.45, 7) is 6.78. The Bertz CT molecular complexity index is 869. The lowest BCUT2D eigenvalue weighted by molar-refractivity contribution is -0.119. The number of primary amides is 1. The van der Waals surface area contributed by atoms with Gasteiger partial charge in [0.15, 0.2) is 5.16 Å². The summed E-state index contributed by atoms with van der Waals surface area (Å²) in [6.07, 6.45) is 0.566. The van der Waals surface area contributed by atoms with E-state index in [0.717, 1.165) is 5.56 Å². The molecular weight excluding hydrogens is 404 g/mol. The van der Waals surface area contributed by atoms with Gasteiger partial charge in [0, 0.05) is 25.9 Å². The molecule has 1 heterocycles. The van der Waals surface area contributed by atoms with E-state index in [4.69, 9.17) is 5.73 Å². The maximum Gasteiger partial charge on any atom is 0.321 e. The van der Waals surface area contributed by atoms with E-state index in [1.807, 2.05) is 34.9 Å². The summed E-state index contributed by atoms with van der Waals surface area (Å²) in [6, 6.07) is 8.87. The number of imide groups is 1. The maximum absolute atomic E-state index is 12.4. The Kier molecular flexibility index (Phi) is 8.85. The van der Waals surface area contributed by atoms with Gasteiger partial charge in [0.25, 0.3) is 0 Å². The molecule has 1 aromatic heterocycles. The van der Waals surface area contributed by atoms with Crippen LogP contribution in [0.3, 0.4) is 0 Å². The van der Waals surface area contributed by atoms with Gasteiger partial charge in [-0.25, -0.2) is 4.79 Å². The zero-order chi connectivity index (χ0) is 22.1. The number of nitrogens with zero attached hydrogens (tertiary/aromatic N) is 3. The molecule has 4 N–H and O–H groups in total. The van der Waals surface area contributed by atoms with E-state index < -0.39 is 23.1 Å². The minimum atomic E-state index is -0.563. The summed E-state index contributed by atoms with van der Waals surface area (Å²) in [7, 11) is 0. The van der Waals surface area contributed by atoms with E-state index in [1.54, 1.807) is 6.92 Å². The lowest BCUT2D eigenvalue weighted by Crippen LogP contribution is -2.42. The molecule has 9 nitrogen and oxygen atoms in total. The van der Waals surface area contributed by atoms with Gasteiger partial charge in [-0.05, 0) is 18.4 Å². The third-order valence-electron chi connectivity index (χ3n) is 4.12. The molecule has 0 aliphatic carbocycles. The first kappa shape index (κ1) is 23.4. The van der Waals surface area contributed by atoms with Gasteiger partial charge in [0.1, 0.15) is 5.82 Å². The molecule has 0 spiro atoms. The molecule has 0 saturated heterocycles. The Morgan fingerprint density at radius 2 is 1.83 bits per heavy atom. The van der Waals surface area contributed by atoms with Crippen molar-refractivity contribution in [1.82, 2.24) is 25.4 Å². The second kappa shape index (κ2) is 11.3. The van der Waals surface area contributed by atoms with Crippen LogP contribution in [0.4, 0.5) is 4.79 Å². The van der Waals surface area contributed by atoms with Gasteiger partial charge in [0.2, 0.25) is 11.8 Å². The average Bonchev–Trinajstić information content (AvgIpc) is 3.06. The number of nitrogens with two attached hydrogens (primary N) is 1. The Balaban J connectivity index is 1.94. The number of aryl methyl sites for hydroxylation is 1. The van der Waals surface area contributed by atoms with Crippen LogP contribution in [0, 0.1) is 5.92 Å². The van der Waals surface area contributed by atoms with Gasteiger partial charge in [0.05, 0.1) is 5.25 Å². The molecule has 1 aromatic carbocycles.